The lowest BCUT2D eigenvalue weighted by Gasteiger charge is -2.07. The summed E-state index contributed by atoms with van der Waals surface area (Å²) in [5, 5.41) is 0.647. The molecule has 0 fully saturated rings. The summed E-state index contributed by atoms with van der Waals surface area (Å²) in [6, 6.07) is 6.72. The summed E-state index contributed by atoms with van der Waals surface area (Å²) in [5.74, 6) is 0.298. The molecule has 0 aliphatic rings. The molecule has 1 aromatic heterocycles. The summed E-state index contributed by atoms with van der Waals surface area (Å²) >= 11 is 0. The smallest absolute Gasteiger partial charge is 0.416 e. The molecule has 16 heavy (non-hydrogen) atoms. The van der Waals surface area contributed by atoms with Crippen LogP contribution in [0.2, 0.25) is 0 Å². The maximum atomic E-state index is 12.4. The Bertz CT molecular complexity index is 522. The molecule has 0 bridgehead atoms. The van der Waals surface area contributed by atoms with E-state index in [-0.39, 0.29) is 5.52 Å². The van der Waals surface area contributed by atoms with E-state index >= 15 is 0 Å². The van der Waals surface area contributed by atoms with Crippen LogP contribution < -0.4 is 4.74 Å². The van der Waals surface area contributed by atoms with Crippen molar-refractivity contribution in [3.8, 4) is 5.88 Å². The highest BCUT2D eigenvalue weighted by atomic mass is 19.4. The lowest BCUT2D eigenvalue weighted by Crippen LogP contribution is -2.04. The molecule has 0 amide bonds. The zero-order chi connectivity index (χ0) is 11.8. The molecule has 0 aliphatic heterocycles. The number of benzene rings is 1. The number of pyridine rings is 1. The SMILES string of the molecule is COc1ccc2ccc(C(F)(F)F)cc2n1. The van der Waals surface area contributed by atoms with E-state index in [1.165, 1.54) is 13.2 Å². The molecule has 0 aliphatic carbocycles. The van der Waals surface area contributed by atoms with E-state index in [2.05, 4.69) is 4.98 Å². The first-order chi connectivity index (χ1) is 7.50. The molecule has 2 nitrogen and oxygen atoms in total. The number of hydrogen-bond donors (Lipinski definition) is 0. The van der Waals surface area contributed by atoms with Gasteiger partial charge in [0.2, 0.25) is 5.88 Å². The fraction of sp³-hybridized carbons (Fsp3) is 0.182. The number of ether oxygens (including phenoxy) is 1. The summed E-state index contributed by atoms with van der Waals surface area (Å²) in [6.07, 6.45) is -4.35. The number of fused-ring (bicyclic) bond motifs is 1. The zero-order valence-corrected chi connectivity index (χ0v) is 8.38. The maximum absolute atomic E-state index is 12.4. The Morgan fingerprint density at radius 1 is 1.12 bits per heavy atom. The third kappa shape index (κ3) is 1.93. The Morgan fingerprint density at radius 2 is 1.81 bits per heavy atom. The lowest BCUT2D eigenvalue weighted by molar-refractivity contribution is -0.137. The molecule has 0 unspecified atom stereocenters. The van der Waals surface area contributed by atoms with Gasteiger partial charge in [0.25, 0.3) is 0 Å². The Labute approximate surface area is 89.7 Å². The Kier molecular flexibility index (Phi) is 2.46. The first-order valence-electron chi connectivity index (χ1n) is 4.53. The van der Waals surface area contributed by atoms with Crippen LogP contribution in [0.1, 0.15) is 5.56 Å². The van der Waals surface area contributed by atoms with Gasteiger partial charge in [0.15, 0.2) is 0 Å². The van der Waals surface area contributed by atoms with Gasteiger partial charge in [-0.2, -0.15) is 13.2 Å². The fourth-order valence-electron chi connectivity index (χ4n) is 1.39. The summed E-state index contributed by atoms with van der Waals surface area (Å²) in [7, 11) is 1.42. The average Bonchev–Trinajstić information content (AvgIpc) is 2.26. The molecule has 0 atom stereocenters. The van der Waals surface area contributed by atoms with Crippen molar-refractivity contribution in [2.75, 3.05) is 7.11 Å². The Morgan fingerprint density at radius 3 is 2.44 bits per heavy atom. The predicted molar refractivity (Wildman–Crippen MR) is 53.3 cm³/mol. The van der Waals surface area contributed by atoms with Crippen LogP contribution in [-0.4, -0.2) is 12.1 Å². The molecular weight excluding hydrogens is 219 g/mol. The quantitative estimate of drug-likeness (QED) is 0.745. The van der Waals surface area contributed by atoms with Crippen molar-refractivity contribution in [2.45, 2.75) is 6.18 Å². The average molecular weight is 227 g/mol. The molecule has 0 spiro atoms. The topological polar surface area (TPSA) is 22.1 Å². The van der Waals surface area contributed by atoms with Gasteiger partial charge >= 0.3 is 6.18 Å². The standard InChI is InChI=1S/C11H8F3NO/c1-16-10-5-3-7-2-4-8(11(12,13)14)6-9(7)15-10/h2-6H,1H3. The van der Waals surface area contributed by atoms with Crippen molar-refractivity contribution in [1.29, 1.82) is 0 Å². The Balaban J connectivity index is 2.59. The number of aromatic nitrogens is 1. The first-order valence-corrected chi connectivity index (χ1v) is 4.53. The van der Waals surface area contributed by atoms with Crippen molar-refractivity contribution in [3.05, 3.63) is 35.9 Å². The van der Waals surface area contributed by atoms with Gasteiger partial charge in [0.05, 0.1) is 18.2 Å². The van der Waals surface area contributed by atoms with Crippen LogP contribution in [0.15, 0.2) is 30.3 Å². The third-order valence-corrected chi connectivity index (χ3v) is 2.20. The molecule has 0 radical (unpaired) electrons. The van der Waals surface area contributed by atoms with Gasteiger partial charge in [-0.1, -0.05) is 6.07 Å². The van der Waals surface area contributed by atoms with Crippen molar-refractivity contribution in [1.82, 2.24) is 4.98 Å². The summed E-state index contributed by atoms with van der Waals surface area (Å²) < 4.78 is 42.2. The molecule has 1 aromatic carbocycles. The molecule has 0 N–H and O–H groups in total. The van der Waals surface area contributed by atoms with Gasteiger partial charge < -0.3 is 4.74 Å². The lowest BCUT2D eigenvalue weighted by atomic mass is 10.1. The van der Waals surface area contributed by atoms with Crippen LogP contribution in [0.25, 0.3) is 10.9 Å². The summed E-state index contributed by atoms with van der Waals surface area (Å²) in [5.41, 5.74) is -0.435. The van der Waals surface area contributed by atoms with Gasteiger partial charge in [-0.05, 0) is 18.2 Å². The van der Waals surface area contributed by atoms with Crippen LogP contribution in [0, 0.1) is 0 Å². The minimum absolute atomic E-state index is 0.272. The second kappa shape index (κ2) is 3.66. The molecule has 1 heterocycles. The summed E-state index contributed by atoms with van der Waals surface area (Å²) in [4.78, 5) is 3.95. The molecule has 84 valence electrons. The van der Waals surface area contributed by atoms with Gasteiger partial charge in [-0.25, -0.2) is 4.98 Å². The third-order valence-electron chi connectivity index (χ3n) is 2.20. The molecule has 0 saturated heterocycles. The van der Waals surface area contributed by atoms with Gasteiger partial charge in [0.1, 0.15) is 0 Å². The molecular formula is C11H8F3NO. The number of nitrogens with zero attached hydrogens (tertiary/aromatic N) is 1. The number of hydrogen-bond acceptors (Lipinski definition) is 2. The van der Waals surface area contributed by atoms with Crippen LogP contribution >= 0.6 is 0 Å². The van der Waals surface area contributed by atoms with Crippen molar-refractivity contribution >= 4 is 10.9 Å². The second-order valence-corrected chi connectivity index (χ2v) is 3.26. The monoisotopic (exact) mass is 227 g/mol. The summed E-state index contributed by atoms with van der Waals surface area (Å²) in [6.45, 7) is 0. The van der Waals surface area contributed by atoms with E-state index in [0.717, 1.165) is 12.1 Å². The van der Waals surface area contributed by atoms with Crippen LogP contribution in [0.3, 0.4) is 0 Å². The van der Waals surface area contributed by atoms with Gasteiger partial charge in [-0.3, -0.25) is 0 Å². The van der Waals surface area contributed by atoms with Crippen LogP contribution in [0.5, 0.6) is 5.88 Å². The second-order valence-electron chi connectivity index (χ2n) is 3.26. The number of rotatable bonds is 1. The fourth-order valence-corrected chi connectivity index (χ4v) is 1.39. The van der Waals surface area contributed by atoms with E-state index in [1.54, 1.807) is 12.1 Å². The van der Waals surface area contributed by atoms with Crippen LogP contribution in [-0.2, 0) is 6.18 Å². The van der Waals surface area contributed by atoms with E-state index in [4.69, 9.17) is 4.74 Å². The van der Waals surface area contributed by atoms with E-state index in [9.17, 15) is 13.2 Å². The predicted octanol–water partition coefficient (Wildman–Crippen LogP) is 3.26. The normalized spacial score (nSPS) is 11.8. The highest BCUT2D eigenvalue weighted by Gasteiger charge is 2.30. The number of halogens is 3. The number of methoxy groups -OCH3 is 1. The minimum atomic E-state index is -4.35. The van der Waals surface area contributed by atoms with Crippen molar-refractivity contribution in [3.63, 3.8) is 0 Å². The van der Waals surface area contributed by atoms with Crippen molar-refractivity contribution < 1.29 is 17.9 Å². The number of alkyl halides is 3. The van der Waals surface area contributed by atoms with E-state index < -0.39 is 11.7 Å². The minimum Gasteiger partial charge on any atom is -0.481 e. The molecule has 5 heteroatoms. The highest BCUT2D eigenvalue weighted by Crippen LogP contribution is 2.31. The van der Waals surface area contributed by atoms with Gasteiger partial charge in [0, 0.05) is 11.5 Å². The van der Waals surface area contributed by atoms with Gasteiger partial charge in [-0.15, -0.1) is 0 Å². The van der Waals surface area contributed by atoms with Crippen molar-refractivity contribution in [2.24, 2.45) is 0 Å². The Hall–Kier alpha value is -1.78. The first kappa shape index (κ1) is 10.7. The van der Waals surface area contributed by atoms with E-state index in [1.807, 2.05) is 0 Å². The maximum Gasteiger partial charge on any atom is 0.416 e. The molecule has 0 saturated carbocycles. The highest BCUT2D eigenvalue weighted by molar-refractivity contribution is 5.79. The largest absolute Gasteiger partial charge is 0.481 e. The molecule has 2 aromatic rings. The zero-order valence-electron chi connectivity index (χ0n) is 8.38. The van der Waals surface area contributed by atoms with Crippen LogP contribution in [0.4, 0.5) is 13.2 Å². The molecule has 2 rings (SSSR count). The van der Waals surface area contributed by atoms with E-state index in [0.29, 0.717) is 11.3 Å².